The first-order chi connectivity index (χ1) is 19.6. The lowest BCUT2D eigenvalue weighted by atomic mass is 9.70. The van der Waals surface area contributed by atoms with Crippen LogP contribution >= 0.6 is 0 Å². The molecule has 6 rings (SSSR count). The molecule has 0 unspecified atom stereocenters. The van der Waals surface area contributed by atoms with Crippen molar-refractivity contribution in [2.75, 3.05) is 0 Å². The number of fused-ring (bicyclic) bond motifs is 1. The highest BCUT2D eigenvalue weighted by Crippen LogP contribution is 2.43. The lowest BCUT2D eigenvalue weighted by Gasteiger charge is -2.36. The van der Waals surface area contributed by atoms with E-state index < -0.39 is 6.85 Å². The number of aryl methyl sites for hydroxylation is 3. The zero-order valence-corrected chi connectivity index (χ0v) is 22.4. The summed E-state index contributed by atoms with van der Waals surface area (Å²) in [5, 5.41) is 2.34. The molecule has 190 valence electrons. The van der Waals surface area contributed by atoms with E-state index in [9.17, 15) is 0 Å². The van der Waals surface area contributed by atoms with E-state index in [4.69, 9.17) is 5.48 Å². The Morgan fingerprint density at radius 2 is 1.51 bits per heavy atom. The third-order valence-corrected chi connectivity index (χ3v) is 9.14. The first-order valence-electron chi connectivity index (χ1n) is 16.3. The molecule has 2 aliphatic rings. The van der Waals surface area contributed by atoms with Gasteiger partial charge in [-0.2, -0.15) is 0 Å². The van der Waals surface area contributed by atoms with Crippen LogP contribution < -0.4 is 4.57 Å². The van der Waals surface area contributed by atoms with Crippen LogP contribution in [0, 0.1) is 25.6 Å². The van der Waals surface area contributed by atoms with Crippen LogP contribution in [0.15, 0.2) is 72.9 Å². The van der Waals surface area contributed by atoms with Crippen molar-refractivity contribution < 1.29 is 10.1 Å². The normalized spacial score (nSPS) is 23.6. The van der Waals surface area contributed by atoms with E-state index in [1.54, 1.807) is 6.20 Å². The van der Waals surface area contributed by atoms with Gasteiger partial charge < -0.3 is 0 Å². The van der Waals surface area contributed by atoms with Crippen LogP contribution in [-0.2, 0) is 7.05 Å². The summed E-state index contributed by atoms with van der Waals surface area (Å²) in [4.78, 5) is 0. The van der Waals surface area contributed by atoms with Gasteiger partial charge in [0.25, 0.3) is 0 Å². The predicted octanol–water partition coefficient (Wildman–Crippen LogP) is 9.47. The standard InChI is InChI=1S/C36H42N/c1-25-9-7-8-12-34(25)36-23-35(26(2)24-37(36)3)33-20-19-31-21-30(17-18-32(31)22-33)29-15-13-28(14-16-29)27-10-5-4-6-11-27/h7-9,12,17-24,27-29H,4-6,10-11,13-16H2,1-3H3/q+1/i2D3,27D. The molecule has 0 saturated heterocycles. The maximum atomic E-state index is 9.09. The molecule has 37 heavy (non-hydrogen) atoms. The van der Waals surface area contributed by atoms with Crippen molar-refractivity contribution in [1.82, 2.24) is 0 Å². The lowest BCUT2D eigenvalue weighted by Crippen LogP contribution is -2.31. The molecule has 2 fully saturated rings. The summed E-state index contributed by atoms with van der Waals surface area (Å²) in [5.41, 5.74) is 6.73. The van der Waals surface area contributed by atoms with Crippen LogP contribution in [0.25, 0.3) is 33.2 Å². The fourth-order valence-corrected chi connectivity index (χ4v) is 6.95. The molecule has 1 heterocycles. The molecule has 1 nitrogen and oxygen atoms in total. The fourth-order valence-electron chi connectivity index (χ4n) is 6.95. The van der Waals surface area contributed by atoms with Crippen LogP contribution in [0.4, 0.5) is 0 Å². The van der Waals surface area contributed by atoms with Gasteiger partial charge in [-0.05, 0) is 102 Å². The molecule has 2 aliphatic carbocycles. The minimum absolute atomic E-state index is 0.176. The Morgan fingerprint density at radius 1 is 0.757 bits per heavy atom. The third-order valence-electron chi connectivity index (χ3n) is 9.14. The first-order valence-corrected chi connectivity index (χ1v) is 14.3. The molecule has 0 aliphatic heterocycles. The third kappa shape index (κ3) is 4.98. The zero-order chi connectivity index (χ0) is 28.8. The molecule has 4 aromatic rings. The topological polar surface area (TPSA) is 3.88 Å². The van der Waals surface area contributed by atoms with Crippen molar-refractivity contribution in [2.24, 2.45) is 18.9 Å². The van der Waals surface area contributed by atoms with Gasteiger partial charge in [-0.1, -0.05) is 80.6 Å². The van der Waals surface area contributed by atoms with E-state index in [2.05, 4.69) is 55.5 Å². The summed E-state index contributed by atoms with van der Waals surface area (Å²) in [6.07, 6.45) is 12.5. The molecule has 0 N–H and O–H groups in total. The van der Waals surface area contributed by atoms with Gasteiger partial charge >= 0.3 is 0 Å². The van der Waals surface area contributed by atoms with Gasteiger partial charge in [0, 0.05) is 22.7 Å². The highest BCUT2D eigenvalue weighted by molar-refractivity contribution is 5.88. The van der Waals surface area contributed by atoms with Crippen LogP contribution in [0.3, 0.4) is 0 Å². The molecule has 3 aromatic carbocycles. The average Bonchev–Trinajstić information content (AvgIpc) is 2.97. The molecule has 1 aromatic heterocycles. The average molecular weight is 493 g/mol. The van der Waals surface area contributed by atoms with Crippen molar-refractivity contribution >= 4 is 10.8 Å². The maximum absolute atomic E-state index is 9.09. The number of hydrogen-bond acceptors (Lipinski definition) is 0. The quantitative estimate of drug-likeness (QED) is 0.250. The highest BCUT2D eigenvalue weighted by Gasteiger charge is 2.29. The number of aromatic nitrogens is 1. The lowest BCUT2D eigenvalue weighted by molar-refractivity contribution is -0.660. The Labute approximate surface area is 229 Å². The van der Waals surface area contributed by atoms with Crippen LogP contribution in [0.1, 0.15) is 85.9 Å². The van der Waals surface area contributed by atoms with Crippen LogP contribution in [-0.4, -0.2) is 0 Å². The van der Waals surface area contributed by atoms with Crippen molar-refractivity contribution in [3.63, 3.8) is 0 Å². The summed E-state index contributed by atoms with van der Waals surface area (Å²) in [6.45, 7) is -0.127. The number of benzene rings is 3. The first kappa shape index (κ1) is 20.1. The molecule has 1 heteroatoms. The Kier molecular flexibility index (Phi) is 5.67. The predicted molar refractivity (Wildman–Crippen MR) is 157 cm³/mol. The minimum Gasteiger partial charge on any atom is -0.201 e. The number of hydrogen-bond donors (Lipinski definition) is 0. The second kappa shape index (κ2) is 10.4. The Hall–Kier alpha value is -2.93. The molecule has 0 bridgehead atoms. The van der Waals surface area contributed by atoms with Crippen LogP contribution in [0.2, 0.25) is 0 Å². The van der Waals surface area contributed by atoms with Crippen molar-refractivity contribution in [2.45, 2.75) is 77.5 Å². The number of pyridine rings is 1. The van der Waals surface area contributed by atoms with Crippen LogP contribution in [0.5, 0.6) is 0 Å². The van der Waals surface area contributed by atoms with Gasteiger partial charge in [0.1, 0.15) is 7.05 Å². The Morgan fingerprint density at radius 3 is 2.30 bits per heavy atom. The summed E-state index contributed by atoms with van der Waals surface area (Å²) in [6, 6.07) is 23.5. The molecular weight excluding hydrogens is 446 g/mol. The van der Waals surface area contributed by atoms with Gasteiger partial charge in [-0.15, -0.1) is 0 Å². The molecule has 0 atom stereocenters. The van der Waals surface area contributed by atoms with Gasteiger partial charge in [0.15, 0.2) is 6.20 Å². The monoisotopic (exact) mass is 492 g/mol. The van der Waals surface area contributed by atoms with E-state index in [-0.39, 0.29) is 5.89 Å². The van der Waals surface area contributed by atoms with Gasteiger partial charge in [-0.25, -0.2) is 4.57 Å². The molecule has 0 radical (unpaired) electrons. The molecule has 2 saturated carbocycles. The fraction of sp³-hybridized carbons (Fsp3) is 0.417. The summed E-state index contributed by atoms with van der Waals surface area (Å²) < 4.78 is 35.9. The van der Waals surface area contributed by atoms with Crippen molar-refractivity contribution in [3.8, 4) is 22.4 Å². The van der Waals surface area contributed by atoms with Gasteiger partial charge in [-0.3, -0.25) is 0 Å². The van der Waals surface area contributed by atoms with Crippen molar-refractivity contribution in [3.05, 3.63) is 89.6 Å². The number of rotatable bonds is 4. The Balaban J connectivity index is 1.30. The van der Waals surface area contributed by atoms with E-state index in [1.165, 1.54) is 55.9 Å². The van der Waals surface area contributed by atoms with Crippen molar-refractivity contribution in [1.29, 1.82) is 0 Å². The molecule has 0 spiro atoms. The van der Waals surface area contributed by atoms with Gasteiger partial charge in [0.05, 0.1) is 0 Å². The summed E-state index contributed by atoms with van der Waals surface area (Å²) >= 11 is 0. The summed E-state index contributed by atoms with van der Waals surface area (Å²) in [7, 11) is 1.93. The minimum atomic E-state index is -2.22. The molecular formula is C36H42N+. The van der Waals surface area contributed by atoms with E-state index in [1.807, 2.05) is 29.8 Å². The number of nitrogens with zero attached hydrogens (tertiary/aromatic N) is 1. The highest BCUT2D eigenvalue weighted by atomic mass is 14.9. The van der Waals surface area contributed by atoms with E-state index in [0.717, 1.165) is 46.2 Å². The second-order valence-electron chi connectivity index (χ2n) is 11.5. The largest absolute Gasteiger partial charge is 0.213 e. The molecule has 0 amide bonds. The van der Waals surface area contributed by atoms with Gasteiger partial charge in [0.2, 0.25) is 5.69 Å². The van der Waals surface area contributed by atoms with E-state index >= 15 is 0 Å². The maximum Gasteiger partial charge on any atom is 0.213 e. The van der Waals surface area contributed by atoms with E-state index in [0.29, 0.717) is 17.4 Å². The second-order valence-corrected chi connectivity index (χ2v) is 11.5. The zero-order valence-electron chi connectivity index (χ0n) is 26.4. The smallest absolute Gasteiger partial charge is 0.201 e. The summed E-state index contributed by atoms with van der Waals surface area (Å²) in [5.74, 6) is 0.951. The SMILES string of the molecule is [2H]C([2H])([2H])c1c[n+](C)c(-c2ccccc2C)cc1-c1ccc2cc(C3CCC(C4([2H])CCCCC4)CC3)ccc2c1. The Bertz CT molecular complexity index is 1560.